The minimum absolute atomic E-state index is 0.0419. The first kappa shape index (κ1) is 105. The van der Waals surface area contributed by atoms with Gasteiger partial charge in [-0.25, -0.2) is 59.5 Å². The summed E-state index contributed by atoms with van der Waals surface area (Å²) in [6.07, 6.45) is 2.16. The SMILES string of the molecule is COc1c(OCC(=O)NCC2CC2)cccc1C1SC(c2ccc(F)cc2)=NN1C(=O)c1cc(F)c(F)c(OC)c1F.COc1c(OCc2cccc(C(C)=O)c2)cccc1C1SC(c2ccc(F)cc2)=NN1C(=O)c1cccc(F)c1.COc1cc(C)ccc1C1SC(c2ccc(F)cc2)=NN1C(=O)c1cc(F)c(F)c(OC)c1F.COc1cc(C)ccc1C1SC(c2ccc(F)cc2)=NN1C(=O)c1ccccc1O. The number of halogens is 11. The number of phenolic OH excluding ortho intramolecular Hbond substituents is 1. The van der Waals surface area contributed by atoms with Crippen LogP contribution in [0, 0.1) is 83.8 Å². The lowest BCUT2D eigenvalue weighted by Crippen LogP contribution is -2.30. The van der Waals surface area contributed by atoms with Gasteiger partial charge < -0.3 is 48.3 Å². The number of ketones is 1. The van der Waals surface area contributed by atoms with Gasteiger partial charge in [0.15, 0.2) is 70.2 Å². The summed E-state index contributed by atoms with van der Waals surface area (Å²) >= 11 is 4.85. The van der Waals surface area contributed by atoms with Crippen molar-refractivity contribution in [1.29, 1.82) is 0 Å². The maximum atomic E-state index is 15.2. The third-order valence-electron chi connectivity index (χ3n) is 22.7. The second-order valence-corrected chi connectivity index (χ2v) is 36.9. The number of carbonyl (C=O) groups excluding carboxylic acids is 6. The van der Waals surface area contributed by atoms with Gasteiger partial charge in [0, 0.05) is 62.2 Å². The molecule has 1 aliphatic carbocycles. The highest BCUT2D eigenvalue weighted by atomic mass is 32.2. The van der Waals surface area contributed by atoms with Crippen LogP contribution in [0.4, 0.5) is 48.3 Å². The predicted octanol–water partition coefficient (Wildman–Crippen LogP) is 23.3. The number of aryl methyl sites for hydroxylation is 2. The number of hydrazone groups is 4. The van der Waals surface area contributed by atoms with Gasteiger partial charge in [-0.15, -0.1) is 0 Å². The molecule has 4 atom stereocenters. The molecule has 0 spiro atoms. The highest BCUT2D eigenvalue weighted by Crippen LogP contribution is 2.53. The molecule has 2 N–H and O–H groups in total. The molecule has 0 radical (unpaired) electrons. The molecular weight excluding hydrogens is 1990 g/mol. The van der Waals surface area contributed by atoms with Crippen LogP contribution in [-0.2, 0) is 11.4 Å². The summed E-state index contributed by atoms with van der Waals surface area (Å²) in [4.78, 5) is 78.0. The molecule has 13 aromatic rings. The maximum absolute atomic E-state index is 15.2. The van der Waals surface area contributed by atoms with Crippen molar-refractivity contribution in [3.05, 3.63) is 408 Å². The van der Waals surface area contributed by atoms with Gasteiger partial charge >= 0.3 is 0 Å². The molecule has 1 fully saturated rings. The number of para-hydroxylation sites is 3. The fourth-order valence-electron chi connectivity index (χ4n) is 15.2. The summed E-state index contributed by atoms with van der Waals surface area (Å²) in [7, 11) is 7.82. The molecule has 750 valence electrons. The van der Waals surface area contributed by atoms with E-state index in [1.54, 1.807) is 122 Å². The number of rotatable bonds is 27. The number of nitrogens with one attached hydrogen (secondary N) is 1. The van der Waals surface area contributed by atoms with E-state index in [2.05, 4.69) is 35.2 Å². The van der Waals surface area contributed by atoms with Crippen molar-refractivity contribution >= 4 is 103 Å². The van der Waals surface area contributed by atoms with Crippen molar-refractivity contribution < 1.29 is 120 Å². The Balaban J connectivity index is 0.000000147. The number of amides is 5. The quantitative estimate of drug-likeness (QED) is 0.0275. The van der Waals surface area contributed by atoms with E-state index in [0.717, 1.165) is 88.9 Å². The highest BCUT2D eigenvalue weighted by Gasteiger charge is 2.44. The van der Waals surface area contributed by atoms with Crippen LogP contribution >= 0.6 is 47.0 Å². The van der Waals surface area contributed by atoms with E-state index in [-0.39, 0.29) is 64.1 Å². The molecular formula is C107H86F11N9O15S4. The van der Waals surface area contributed by atoms with Crippen LogP contribution in [0.3, 0.4) is 0 Å². The first-order valence-corrected chi connectivity index (χ1v) is 47.9. The molecule has 0 saturated heterocycles. The standard InChI is InChI=1S/C31H24F2N2O4S.C29H25F4N3O5S.C24H18F4N2O3S.C23H19FN2O3S/c1-19(36)22-7-3-6-20(16-22)18-39-27-11-5-10-26(28(27)38-2)31-35(30(37)23-8-4-9-25(33)17-23)34-29(40-31)21-12-14-24(32)15-13-21;1-39-25-18(4-3-5-21(25)41-14-22(37)34-13-15-6-7-15)29-36(35-27(42-29)16-8-10-17(30)11-9-16)28(38)19-12-20(31)24(33)26(40-2)23(19)32;1-12-4-9-15(18(10-12)32-2)24-30(29-22(34-24)13-5-7-14(25)8-6-13)23(31)16-11-17(26)20(28)21(33-3)19(16)27;1-14-7-12-18(20(13-14)29-2)23-26(22(28)17-5-3-4-6-19(17)27)25-21(30-23)15-8-10-16(24)11-9-15/h3-17,31H,18H2,1-2H3;3-5,8-12,15,29H,6-7,13-14H2,1-2H3,(H,34,37);4-11,24H,1-3H3;3-13,23,27H,1-2H3. The van der Waals surface area contributed by atoms with Gasteiger partial charge in [0.25, 0.3) is 29.5 Å². The van der Waals surface area contributed by atoms with Crippen LogP contribution in [0.25, 0.3) is 0 Å². The zero-order valence-corrected chi connectivity index (χ0v) is 82.0. The molecule has 0 bridgehead atoms. The van der Waals surface area contributed by atoms with Crippen molar-refractivity contribution in [3.8, 4) is 51.7 Å². The van der Waals surface area contributed by atoms with Gasteiger partial charge in [-0.05, 0) is 226 Å². The Morgan fingerprint density at radius 2 is 0.733 bits per heavy atom. The van der Waals surface area contributed by atoms with Gasteiger partial charge in [0.05, 0.1) is 59.3 Å². The fourth-order valence-corrected chi connectivity index (χ4v) is 19.9. The van der Waals surface area contributed by atoms with E-state index in [0.29, 0.717) is 107 Å². The van der Waals surface area contributed by atoms with Crippen LogP contribution in [0.1, 0.15) is 154 Å². The maximum Gasteiger partial charge on any atom is 0.279 e. The molecule has 1 saturated carbocycles. The Kier molecular flexibility index (Phi) is 33.6. The molecule has 39 heteroatoms. The third kappa shape index (κ3) is 23.9. The monoisotopic (exact) mass is 2070 g/mol. The minimum Gasteiger partial charge on any atom is -0.507 e. The van der Waals surface area contributed by atoms with Crippen LogP contribution in [-0.4, -0.2) is 136 Å². The van der Waals surface area contributed by atoms with Crippen molar-refractivity contribution in [2.45, 2.75) is 61.7 Å². The number of phenols is 1. The lowest BCUT2D eigenvalue weighted by Gasteiger charge is -2.24. The van der Waals surface area contributed by atoms with Crippen LogP contribution in [0.2, 0.25) is 0 Å². The van der Waals surface area contributed by atoms with Crippen molar-refractivity contribution in [1.82, 2.24) is 25.4 Å². The lowest BCUT2D eigenvalue weighted by molar-refractivity contribution is -0.123. The molecule has 146 heavy (non-hydrogen) atoms. The van der Waals surface area contributed by atoms with Gasteiger partial charge in [-0.1, -0.05) is 132 Å². The number of nitrogens with zero attached hydrogens (tertiary/aromatic N) is 8. The Labute approximate surface area is 846 Å². The number of methoxy groups -OCH3 is 6. The summed E-state index contributed by atoms with van der Waals surface area (Å²) in [5.74, 6) is -13.9. The summed E-state index contributed by atoms with van der Waals surface area (Å²) in [5, 5.41) is 33.9. The number of benzene rings is 13. The number of hydrogen-bond acceptors (Lipinski definition) is 23. The summed E-state index contributed by atoms with van der Waals surface area (Å²) in [5.41, 5.74) is 6.59. The zero-order valence-electron chi connectivity index (χ0n) is 78.7. The van der Waals surface area contributed by atoms with Crippen molar-refractivity contribution in [3.63, 3.8) is 0 Å². The number of thioether (sulfide) groups is 4. The molecule has 4 aliphatic heterocycles. The average Bonchev–Trinajstić information content (AvgIpc) is 1.57. The van der Waals surface area contributed by atoms with E-state index in [1.807, 2.05) is 38.1 Å². The normalized spacial score (nSPS) is 15.5. The number of Topliss-reactive ketones (excluding diaryl/α,β-unsaturated/α-hetero) is 1. The van der Waals surface area contributed by atoms with E-state index >= 15 is 4.39 Å². The van der Waals surface area contributed by atoms with Crippen LogP contribution in [0.5, 0.6) is 51.7 Å². The minimum atomic E-state index is -1.58. The smallest absolute Gasteiger partial charge is 0.279 e. The molecule has 4 heterocycles. The first-order valence-electron chi connectivity index (χ1n) is 44.4. The molecule has 13 aromatic carbocycles. The first-order chi connectivity index (χ1) is 70.3. The Bertz CT molecular complexity index is 7280. The van der Waals surface area contributed by atoms with Gasteiger partial charge in [0.2, 0.25) is 11.6 Å². The largest absolute Gasteiger partial charge is 0.507 e. The van der Waals surface area contributed by atoms with Crippen LogP contribution < -0.4 is 43.2 Å². The van der Waals surface area contributed by atoms with Gasteiger partial charge in [-0.3, -0.25) is 28.8 Å². The number of ether oxygens (including phenoxy) is 8. The summed E-state index contributed by atoms with van der Waals surface area (Å²) < 4.78 is 198. The van der Waals surface area contributed by atoms with E-state index in [4.69, 9.17) is 28.4 Å². The van der Waals surface area contributed by atoms with Gasteiger partial charge in [-0.2, -0.15) is 29.2 Å². The molecule has 5 aliphatic rings. The lowest BCUT2D eigenvalue weighted by atomic mass is 10.1. The second-order valence-electron chi connectivity index (χ2n) is 32.6. The van der Waals surface area contributed by atoms with E-state index < -0.39 is 126 Å². The Hall–Kier alpha value is -15.6. The number of carbonyl (C=O) groups is 6. The van der Waals surface area contributed by atoms with Crippen molar-refractivity contribution in [2.75, 3.05) is 55.8 Å². The van der Waals surface area contributed by atoms with Crippen molar-refractivity contribution in [2.24, 2.45) is 26.3 Å². The third-order valence-corrected chi connectivity index (χ3v) is 27.6. The number of hydrogen-bond donors (Lipinski definition) is 2. The molecule has 4 unspecified atom stereocenters. The van der Waals surface area contributed by atoms with E-state index in [1.165, 1.54) is 159 Å². The Morgan fingerprint density at radius 1 is 0.356 bits per heavy atom. The van der Waals surface area contributed by atoms with E-state index in [9.17, 15) is 77.8 Å². The Morgan fingerprint density at radius 3 is 1.12 bits per heavy atom. The number of aromatic hydroxyl groups is 1. The fraction of sp³-hybridized carbons (Fsp3) is 0.178. The summed E-state index contributed by atoms with van der Waals surface area (Å²) in [6.45, 7) is 5.79. The van der Waals surface area contributed by atoms with Gasteiger partial charge in [0.1, 0.15) is 94.6 Å². The summed E-state index contributed by atoms with van der Waals surface area (Å²) in [6, 6.07) is 63.5. The van der Waals surface area contributed by atoms with Crippen LogP contribution in [0.15, 0.2) is 275 Å². The topological polar surface area (TPSA) is 271 Å². The highest BCUT2D eigenvalue weighted by molar-refractivity contribution is 8.15. The zero-order chi connectivity index (χ0) is 104. The second kappa shape index (κ2) is 46.8. The average molecular weight is 2080 g/mol. The molecule has 24 nitrogen and oxygen atoms in total. The molecule has 18 rings (SSSR count). The predicted molar refractivity (Wildman–Crippen MR) is 531 cm³/mol. The molecule has 0 aromatic heterocycles. The molecule has 5 amide bonds.